The zero-order chi connectivity index (χ0) is 10.7. The summed E-state index contributed by atoms with van der Waals surface area (Å²) in [6.45, 7) is 3.94. The minimum absolute atomic E-state index is 0.309. The summed E-state index contributed by atoms with van der Waals surface area (Å²) >= 11 is 0. The van der Waals surface area contributed by atoms with E-state index in [1.165, 1.54) is 19.3 Å². The van der Waals surface area contributed by atoms with Crippen molar-refractivity contribution < 1.29 is 4.74 Å². The van der Waals surface area contributed by atoms with Gasteiger partial charge in [0.1, 0.15) is 0 Å². The average Bonchev–Trinajstić information content (AvgIpc) is 2.91. The Hall–Kier alpha value is -0.610. The highest BCUT2D eigenvalue weighted by Crippen LogP contribution is 2.28. The predicted octanol–water partition coefficient (Wildman–Crippen LogP) is 0.813. The van der Waals surface area contributed by atoms with Gasteiger partial charge in [-0.2, -0.15) is 0 Å². The highest BCUT2D eigenvalue weighted by Gasteiger charge is 2.31. The largest absolute Gasteiger partial charge is 0.388 e. The van der Waals surface area contributed by atoms with Crippen molar-refractivity contribution in [1.82, 2.24) is 4.90 Å². The van der Waals surface area contributed by atoms with E-state index in [2.05, 4.69) is 4.90 Å². The van der Waals surface area contributed by atoms with Crippen LogP contribution < -0.4 is 5.73 Å². The molecular formula is C11H21N3O. The molecule has 1 aliphatic heterocycles. The summed E-state index contributed by atoms with van der Waals surface area (Å²) in [5.74, 6) is 1.01. The first-order valence-electron chi connectivity index (χ1n) is 5.90. The summed E-state index contributed by atoms with van der Waals surface area (Å²) in [5, 5.41) is 7.26. The molecule has 0 aromatic rings. The minimum atomic E-state index is 0.309. The van der Waals surface area contributed by atoms with Crippen molar-refractivity contribution in [2.75, 3.05) is 26.3 Å². The molecule has 0 radical (unpaired) electrons. The first kappa shape index (κ1) is 10.9. The van der Waals surface area contributed by atoms with Gasteiger partial charge in [0.2, 0.25) is 0 Å². The summed E-state index contributed by atoms with van der Waals surface area (Å²) in [7, 11) is 0. The molecule has 2 fully saturated rings. The Morgan fingerprint density at radius 3 is 2.73 bits per heavy atom. The Morgan fingerprint density at radius 2 is 2.20 bits per heavy atom. The summed E-state index contributed by atoms with van der Waals surface area (Å²) in [6.07, 6.45) is 4.56. The first-order chi connectivity index (χ1) is 7.25. The van der Waals surface area contributed by atoms with Crippen LogP contribution >= 0.6 is 0 Å². The van der Waals surface area contributed by atoms with Gasteiger partial charge in [-0.15, -0.1) is 0 Å². The van der Waals surface area contributed by atoms with Gasteiger partial charge in [-0.3, -0.25) is 10.3 Å². The molecule has 2 aliphatic rings. The van der Waals surface area contributed by atoms with Crippen molar-refractivity contribution in [2.45, 2.75) is 31.7 Å². The number of nitrogens with one attached hydrogen (secondary N) is 1. The SMILES string of the molecule is N=C(N)CCN(CC1CCOC1)C1CC1. The van der Waals surface area contributed by atoms with Crippen LogP contribution in [0.2, 0.25) is 0 Å². The molecule has 1 aliphatic carbocycles. The fourth-order valence-corrected chi connectivity index (χ4v) is 2.19. The third-order valence-electron chi connectivity index (χ3n) is 3.25. The second-order valence-electron chi connectivity index (χ2n) is 4.73. The summed E-state index contributed by atoms with van der Waals surface area (Å²) in [5.41, 5.74) is 5.40. The van der Waals surface area contributed by atoms with Crippen LogP contribution in [0.5, 0.6) is 0 Å². The van der Waals surface area contributed by atoms with E-state index < -0.39 is 0 Å². The van der Waals surface area contributed by atoms with Crippen molar-refractivity contribution in [3.05, 3.63) is 0 Å². The number of nitrogens with zero attached hydrogens (tertiary/aromatic N) is 1. The topological polar surface area (TPSA) is 62.3 Å². The standard InChI is InChI=1S/C11H21N3O/c12-11(13)3-5-14(10-1-2-10)7-9-4-6-15-8-9/h9-10H,1-8H2,(H3,12,13). The molecule has 1 unspecified atom stereocenters. The number of nitrogens with two attached hydrogens (primary N) is 1. The molecule has 1 saturated heterocycles. The molecule has 1 saturated carbocycles. The molecule has 0 aromatic heterocycles. The Kier molecular flexibility index (Phi) is 3.59. The van der Waals surface area contributed by atoms with Crippen LogP contribution in [0, 0.1) is 11.3 Å². The summed E-state index contributed by atoms with van der Waals surface area (Å²) in [6, 6.07) is 0.768. The fourth-order valence-electron chi connectivity index (χ4n) is 2.19. The molecular weight excluding hydrogens is 190 g/mol. The van der Waals surface area contributed by atoms with E-state index in [0.717, 1.165) is 32.3 Å². The van der Waals surface area contributed by atoms with Crippen molar-refractivity contribution in [2.24, 2.45) is 11.7 Å². The highest BCUT2D eigenvalue weighted by molar-refractivity contribution is 5.76. The Morgan fingerprint density at radius 1 is 1.40 bits per heavy atom. The monoisotopic (exact) mass is 211 g/mol. The Balaban J connectivity index is 1.74. The number of amidine groups is 1. The predicted molar refractivity (Wildman–Crippen MR) is 60.1 cm³/mol. The number of hydrogen-bond donors (Lipinski definition) is 2. The van der Waals surface area contributed by atoms with E-state index in [-0.39, 0.29) is 0 Å². The van der Waals surface area contributed by atoms with E-state index >= 15 is 0 Å². The van der Waals surface area contributed by atoms with Crippen LogP contribution in [-0.4, -0.2) is 43.1 Å². The zero-order valence-corrected chi connectivity index (χ0v) is 9.24. The van der Waals surface area contributed by atoms with Gasteiger partial charge in [0.25, 0.3) is 0 Å². The van der Waals surface area contributed by atoms with E-state index in [1.54, 1.807) is 0 Å². The van der Waals surface area contributed by atoms with Crippen molar-refractivity contribution in [1.29, 1.82) is 5.41 Å². The van der Waals surface area contributed by atoms with Gasteiger partial charge in [0, 0.05) is 32.2 Å². The zero-order valence-electron chi connectivity index (χ0n) is 9.24. The van der Waals surface area contributed by atoms with Gasteiger partial charge in [0.15, 0.2) is 0 Å². The van der Waals surface area contributed by atoms with Crippen molar-refractivity contribution in [3.8, 4) is 0 Å². The second kappa shape index (κ2) is 4.94. The molecule has 2 rings (SSSR count). The quantitative estimate of drug-likeness (QED) is 0.505. The maximum atomic E-state index is 7.26. The maximum Gasteiger partial charge on any atom is 0.0918 e. The van der Waals surface area contributed by atoms with Crippen LogP contribution in [0.15, 0.2) is 0 Å². The smallest absolute Gasteiger partial charge is 0.0918 e. The van der Waals surface area contributed by atoms with Gasteiger partial charge in [0.05, 0.1) is 12.4 Å². The van der Waals surface area contributed by atoms with E-state index in [4.69, 9.17) is 15.9 Å². The third kappa shape index (κ3) is 3.47. The van der Waals surface area contributed by atoms with Gasteiger partial charge in [-0.25, -0.2) is 0 Å². The molecule has 1 atom stereocenters. The van der Waals surface area contributed by atoms with Gasteiger partial charge in [-0.1, -0.05) is 0 Å². The maximum absolute atomic E-state index is 7.26. The lowest BCUT2D eigenvalue weighted by atomic mass is 10.1. The normalized spacial score (nSPS) is 26.1. The lowest BCUT2D eigenvalue weighted by molar-refractivity contribution is 0.165. The van der Waals surface area contributed by atoms with Gasteiger partial charge in [-0.05, 0) is 25.2 Å². The molecule has 15 heavy (non-hydrogen) atoms. The molecule has 4 heteroatoms. The van der Waals surface area contributed by atoms with E-state index in [0.29, 0.717) is 18.2 Å². The van der Waals surface area contributed by atoms with Crippen molar-refractivity contribution in [3.63, 3.8) is 0 Å². The first-order valence-corrected chi connectivity index (χ1v) is 5.90. The van der Waals surface area contributed by atoms with Gasteiger partial charge < -0.3 is 10.5 Å². The van der Waals surface area contributed by atoms with Crippen LogP contribution in [0.4, 0.5) is 0 Å². The molecule has 0 aromatic carbocycles. The second-order valence-corrected chi connectivity index (χ2v) is 4.73. The van der Waals surface area contributed by atoms with Crippen LogP contribution in [0.1, 0.15) is 25.7 Å². The number of ether oxygens (including phenoxy) is 1. The fraction of sp³-hybridized carbons (Fsp3) is 0.909. The Bertz CT molecular complexity index is 222. The number of rotatable bonds is 6. The Labute approximate surface area is 91.3 Å². The molecule has 3 N–H and O–H groups in total. The van der Waals surface area contributed by atoms with E-state index in [1.807, 2.05) is 0 Å². The van der Waals surface area contributed by atoms with Crippen LogP contribution in [-0.2, 0) is 4.74 Å². The average molecular weight is 211 g/mol. The minimum Gasteiger partial charge on any atom is -0.388 e. The molecule has 0 bridgehead atoms. The molecule has 86 valence electrons. The van der Waals surface area contributed by atoms with Crippen LogP contribution in [0.25, 0.3) is 0 Å². The number of hydrogen-bond acceptors (Lipinski definition) is 3. The molecule has 1 heterocycles. The van der Waals surface area contributed by atoms with Gasteiger partial charge >= 0.3 is 0 Å². The molecule has 4 nitrogen and oxygen atoms in total. The van der Waals surface area contributed by atoms with E-state index in [9.17, 15) is 0 Å². The molecule has 0 amide bonds. The van der Waals surface area contributed by atoms with Crippen molar-refractivity contribution >= 4 is 5.84 Å². The van der Waals surface area contributed by atoms with Crippen LogP contribution in [0.3, 0.4) is 0 Å². The highest BCUT2D eigenvalue weighted by atomic mass is 16.5. The summed E-state index contributed by atoms with van der Waals surface area (Å²) < 4.78 is 5.39. The lowest BCUT2D eigenvalue weighted by Crippen LogP contribution is -2.34. The summed E-state index contributed by atoms with van der Waals surface area (Å²) in [4.78, 5) is 2.50. The molecule has 0 spiro atoms. The third-order valence-corrected chi connectivity index (χ3v) is 3.25. The lowest BCUT2D eigenvalue weighted by Gasteiger charge is -2.24.